The number of carbonyl (C=O) groups is 2. The van der Waals surface area contributed by atoms with Crippen molar-refractivity contribution in [1.29, 1.82) is 0 Å². The van der Waals surface area contributed by atoms with Crippen LogP contribution in [0.3, 0.4) is 0 Å². The van der Waals surface area contributed by atoms with Gasteiger partial charge in [-0.2, -0.15) is 13.2 Å². The van der Waals surface area contributed by atoms with E-state index in [-0.39, 0.29) is 23.9 Å². The Balaban J connectivity index is 1.46. The molecule has 3 atom stereocenters. The topological polar surface area (TPSA) is 70.7 Å². The third kappa shape index (κ3) is 4.64. The molecule has 1 saturated carbocycles. The van der Waals surface area contributed by atoms with E-state index < -0.39 is 23.4 Å². The SMILES string of the molecule is CC(C)(C)OC(=O)NC1[C@H]2CN(C(=O)Nc3ccc(C(F)(F)F)cc3)C[C@@H]12. The van der Waals surface area contributed by atoms with Crippen LogP contribution in [0.25, 0.3) is 0 Å². The van der Waals surface area contributed by atoms with E-state index in [1.165, 1.54) is 12.1 Å². The molecule has 0 radical (unpaired) electrons. The largest absolute Gasteiger partial charge is 0.444 e. The molecular weight excluding hydrogens is 363 g/mol. The van der Waals surface area contributed by atoms with Crippen molar-refractivity contribution in [2.45, 2.75) is 38.6 Å². The number of carbonyl (C=O) groups excluding carboxylic acids is 2. The van der Waals surface area contributed by atoms with E-state index in [1.54, 1.807) is 25.7 Å². The summed E-state index contributed by atoms with van der Waals surface area (Å²) < 4.78 is 42.9. The summed E-state index contributed by atoms with van der Waals surface area (Å²) in [5.74, 6) is 0.353. The number of nitrogens with zero attached hydrogens (tertiary/aromatic N) is 1. The molecule has 2 fully saturated rings. The van der Waals surface area contributed by atoms with E-state index in [4.69, 9.17) is 4.74 Å². The van der Waals surface area contributed by atoms with Crippen LogP contribution >= 0.6 is 0 Å². The number of rotatable bonds is 2. The number of fused-ring (bicyclic) bond motifs is 1. The Bertz CT molecular complexity index is 716. The molecule has 6 nitrogen and oxygen atoms in total. The molecule has 1 heterocycles. The Labute approximate surface area is 155 Å². The van der Waals surface area contributed by atoms with Gasteiger partial charge in [0.25, 0.3) is 0 Å². The number of likely N-dealkylation sites (tertiary alicyclic amines) is 1. The second kappa shape index (κ2) is 6.61. The maximum atomic E-state index is 12.6. The predicted molar refractivity (Wildman–Crippen MR) is 92.2 cm³/mol. The Morgan fingerprint density at radius 1 is 1.07 bits per heavy atom. The zero-order valence-corrected chi connectivity index (χ0v) is 15.3. The lowest BCUT2D eigenvalue weighted by Gasteiger charge is -2.22. The molecule has 3 amide bonds. The molecule has 148 valence electrons. The lowest BCUT2D eigenvalue weighted by molar-refractivity contribution is -0.137. The number of urea groups is 1. The number of benzene rings is 1. The molecule has 1 aromatic rings. The molecule has 2 N–H and O–H groups in total. The molecule has 0 spiro atoms. The lowest BCUT2D eigenvalue weighted by Crippen LogP contribution is -2.40. The van der Waals surface area contributed by atoms with Crippen LogP contribution in [0, 0.1) is 11.8 Å². The first-order chi connectivity index (χ1) is 12.4. The van der Waals surface area contributed by atoms with E-state index in [1.807, 2.05) is 0 Å². The van der Waals surface area contributed by atoms with Crippen molar-refractivity contribution in [2.75, 3.05) is 18.4 Å². The van der Waals surface area contributed by atoms with Gasteiger partial charge in [-0.15, -0.1) is 0 Å². The van der Waals surface area contributed by atoms with E-state index in [0.29, 0.717) is 18.8 Å². The predicted octanol–water partition coefficient (Wildman–Crippen LogP) is 3.69. The summed E-state index contributed by atoms with van der Waals surface area (Å²) in [4.78, 5) is 25.6. The van der Waals surface area contributed by atoms with Crippen molar-refractivity contribution >= 4 is 17.8 Å². The van der Waals surface area contributed by atoms with Crippen molar-refractivity contribution in [1.82, 2.24) is 10.2 Å². The highest BCUT2D eigenvalue weighted by atomic mass is 19.4. The van der Waals surface area contributed by atoms with Crippen molar-refractivity contribution in [3.63, 3.8) is 0 Å². The highest BCUT2D eigenvalue weighted by Gasteiger charge is 2.57. The van der Waals surface area contributed by atoms with Gasteiger partial charge in [-0.3, -0.25) is 0 Å². The van der Waals surface area contributed by atoms with E-state index >= 15 is 0 Å². The molecule has 0 bridgehead atoms. The number of alkyl halides is 3. The first kappa shape index (κ1) is 19.3. The third-order valence-electron chi connectivity index (χ3n) is 4.63. The molecule has 3 rings (SSSR count). The fraction of sp³-hybridized carbons (Fsp3) is 0.556. The van der Waals surface area contributed by atoms with Gasteiger partial charge in [-0.05, 0) is 45.0 Å². The number of nitrogens with one attached hydrogen (secondary N) is 2. The van der Waals surface area contributed by atoms with Gasteiger partial charge < -0.3 is 20.3 Å². The number of hydrogen-bond donors (Lipinski definition) is 2. The first-order valence-electron chi connectivity index (χ1n) is 8.67. The third-order valence-corrected chi connectivity index (χ3v) is 4.63. The van der Waals surface area contributed by atoms with Crippen LogP contribution in [-0.2, 0) is 10.9 Å². The maximum absolute atomic E-state index is 12.6. The number of halogens is 3. The van der Waals surface area contributed by atoms with Crippen LogP contribution in [-0.4, -0.2) is 41.8 Å². The fourth-order valence-electron chi connectivity index (χ4n) is 3.30. The van der Waals surface area contributed by atoms with Gasteiger partial charge in [0, 0.05) is 36.7 Å². The monoisotopic (exact) mass is 385 g/mol. The number of amides is 3. The van der Waals surface area contributed by atoms with Gasteiger partial charge in [0.2, 0.25) is 0 Å². The Kier molecular flexibility index (Phi) is 4.73. The van der Waals surface area contributed by atoms with Crippen LogP contribution in [0.5, 0.6) is 0 Å². The van der Waals surface area contributed by atoms with Crippen molar-refractivity contribution in [3.05, 3.63) is 29.8 Å². The van der Waals surface area contributed by atoms with Gasteiger partial charge in [-0.25, -0.2) is 9.59 Å². The van der Waals surface area contributed by atoms with Crippen LogP contribution in [0.4, 0.5) is 28.4 Å². The number of alkyl carbamates (subject to hydrolysis) is 1. The lowest BCUT2D eigenvalue weighted by atomic mass is 10.2. The summed E-state index contributed by atoms with van der Waals surface area (Å²) in [6.07, 6.45) is -4.88. The van der Waals surface area contributed by atoms with Gasteiger partial charge >= 0.3 is 18.3 Å². The Hall–Kier alpha value is -2.45. The van der Waals surface area contributed by atoms with Crippen LogP contribution in [0.1, 0.15) is 26.3 Å². The molecule has 1 aliphatic carbocycles. The summed E-state index contributed by atoms with van der Waals surface area (Å²) >= 11 is 0. The minimum absolute atomic E-state index is 0.00466. The van der Waals surface area contributed by atoms with Crippen LogP contribution in [0.15, 0.2) is 24.3 Å². The highest BCUT2D eigenvalue weighted by molar-refractivity contribution is 5.89. The minimum atomic E-state index is -4.41. The standard InChI is InChI=1S/C18H22F3N3O3/c1-17(2,3)27-16(26)23-14-12-8-24(9-13(12)14)15(25)22-11-6-4-10(5-7-11)18(19,20)21/h4-7,12-14H,8-9H2,1-3H3,(H,22,25)(H,23,26)/t12-,13+,14?. The molecule has 27 heavy (non-hydrogen) atoms. The smallest absolute Gasteiger partial charge is 0.416 e. The normalized spacial score (nSPS) is 24.2. The van der Waals surface area contributed by atoms with Gasteiger partial charge in [0.1, 0.15) is 5.60 Å². The second-order valence-electron chi connectivity index (χ2n) is 7.91. The van der Waals surface area contributed by atoms with Crippen LogP contribution < -0.4 is 10.6 Å². The van der Waals surface area contributed by atoms with E-state index in [0.717, 1.165) is 12.1 Å². The van der Waals surface area contributed by atoms with Crippen molar-refractivity contribution in [2.24, 2.45) is 11.8 Å². The molecule has 1 aromatic carbocycles. The van der Waals surface area contributed by atoms with Crippen LogP contribution in [0.2, 0.25) is 0 Å². The average molecular weight is 385 g/mol. The number of anilines is 1. The number of hydrogen-bond acceptors (Lipinski definition) is 3. The summed E-state index contributed by atoms with van der Waals surface area (Å²) in [6.45, 7) is 6.32. The first-order valence-corrected chi connectivity index (χ1v) is 8.67. The molecule has 0 aromatic heterocycles. The summed E-state index contributed by atoms with van der Waals surface area (Å²) in [6, 6.07) is 3.94. The van der Waals surface area contributed by atoms with Gasteiger partial charge in [0.05, 0.1) is 5.56 Å². The Morgan fingerprint density at radius 3 is 2.11 bits per heavy atom. The quantitative estimate of drug-likeness (QED) is 0.816. The maximum Gasteiger partial charge on any atom is 0.416 e. The van der Waals surface area contributed by atoms with E-state index in [2.05, 4.69) is 10.6 Å². The second-order valence-corrected chi connectivity index (χ2v) is 7.91. The van der Waals surface area contributed by atoms with Crippen molar-refractivity contribution < 1.29 is 27.5 Å². The summed E-state index contributed by atoms with van der Waals surface area (Å²) in [7, 11) is 0. The zero-order chi connectivity index (χ0) is 20.0. The number of piperidine rings is 1. The van der Waals surface area contributed by atoms with Crippen molar-refractivity contribution in [3.8, 4) is 0 Å². The van der Waals surface area contributed by atoms with E-state index in [9.17, 15) is 22.8 Å². The molecule has 1 aliphatic heterocycles. The van der Waals surface area contributed by atoms with Gasteiger partial charge in [-0.1, -0.05) is 0 Å². The van der Waals surface area contributed by atoms with Gasteiger partial charge in [0.15, 0.2) is 0 Å². The highest BCUT2D eigenvalue weighted by Crippen LogP contribution is 2.45. The molecule has 1 saturated heterocycles. The zero-order valence-electron chi connectivity index (χ0n) is 15.3. The molecule has 9 heteroatoms. The summed E-state index contributed by atoms with van der Waals surface area (Å²) in [5, 5.41) is 5.41. The molecule has 2 aliphatic rings. The molecular formula is C18H22F3N3O3. The Morgan fingerprint density at radius 2 is 1.63 bits per heavy atom. The summed E-state index contributed by atoms with van der Waals surface area (Å²) in [5.41, 5.74) is -1.03. The average Bonchev–Trinajstić information content (AvgIpc) is 2.96. The number of ether oxygens (including phenoxy) is 1. The fourth-order valence-corrected chi connectivity index (χ4v) is 3.30. The molecule has 1 unspecified atom stereocenters. The minimum Gasteiger partial charge on any atom is -0.444 e.